The molecule has 0 radical (unpaired) electrons. The van der Waals surface area contributed by atoms with Gasteiger partial charge < -0.3 is 14.6 Å². The Bertz CT molecular complexity index is 1160. The molecule has 4 aromatic rings. The van der Waals surface area contributed by atoms with Crippen LogP contribution in [0.1, 0.15) is 16.1 Å². The molecule has 1 N–H and O–H groups in total. The first-order valence-electron chi connectivity index (χ1n) is 9.55. The fourth-order valence-corrected chi connectivity index (χ4v) is 3.47. The van der Waals surface area contributed by atoms with E-state index in [1.165, 1.54) is 12.1 Å². The second-order valence-corrected chi connectivity index (χ2v) is 6.90. The number of nitrogens with zero attached hydrogens (tertiary/aromatic N) is 1. The lowest BCUT2D eigenvalue weighted by Crippen LogP contribution is -2.14. The van der Waals surface area contributed by atoms with Gasteiger partial charge in [-0.15, -0.1) is 0 Å². The van der Waals surface area contributed by atoms with E-state index in [-0.39, 0.29) is 11.7 Å². The first kappa shape index (κ1) is 19.5. The summed E-state index contributed by atoms with van der Waals surface area (Å²) in [5.41, 5.74) is 4.44. The van der Waals surface area contributed by atoms with Gasteiger partial charge in [0, 0.05) is 28.8 Å². The van der Waals surface area contributed by atoms with E-state index in [2.05, 4.69) is 5.32 Å². The van der Waals surface area contributed by atoms with Crippen molar-refractivity contribution < 1.29 is 13.9 Å². The van der Waals surface area contributed by atoms with Gasteiger partial charge in [-0.2, -0.15) is 0 Å². The number of para-hydroxylation sites is 1. The van der Waals surface area contributed by atoms with Crippen LogP contribution in [0.15, 0.2) is 85.1 Å². The molecule has 0 bridgehead atoms. The number of rotatable bonds is 5. The monoisotopic (exact) mass is 400 g/mol. The molecule has 0 saturated heterocycles. The summed E-state index contributed by atoms with van der Waals surface area (Å²) in [5.74, 6) is 0.218. The fraction of sp³-hybridized carbons (Fsp3) is 0.0800. The van der Waals surface area contributed by atoms with Crippen molar-refractivity contribution in [2.24, 2.45) is 0 Å². The summed E-state index contributed by atoms with van der Waals surface area (Å²) in [6, 6.07) is 23.1. The van der Waals surface area contributed by atoms with Crippen LogP contribution < -0.4 is 10.1 Å². The van der Waals surface area contributed by atoms with Crippen LogP contribution in [-0.4, -0.2) is 17.6 Å². The number of carbonyl (C=O) groups excluding carboxylic acids is 1. The van der Waals surface area contributed by atoms with Crippen molar-refractivity contribution in [2.45, 2.75) is 6.92 Å². The van der Waals surface area contributed by atoms with E-state index in [9.17, 15) is 9.18 Å². The summed E-state index contributed by atoms with van der Waals surface area (Å²) < 4.78 is 20.7. The highest BCUT2D eigenvalue weighted by Gasteiger charge is 2.21. The number of hydrogen-bond acceptors (Lipinski definition) is 2. The van der Waals surface area contributed by atoms with Gasteiger partial charge in [0.1, 0.15) is 11.6 Å². The number of benzene rings is 3. The molecular weight excluding hydrogens is 379 g/mol. The summed E-state index contributed by atoms with van der Waals surface area (Å²) >= 11 is 0. The smallest absolute Gasteiger partial charge is 0.258 e. The third-order valence-corrected chi connectivity index (χ3v) is 5.02. The van der Waals surface area contributed by atoms with Gasteiger partial charge in [-0.25, -0.2) is 4.39 Å². The summed E-state index contributed by atoms with van der Waals surface area (Å²) in [4.78, 5) is 13.2. The average molecular weight is 400 g/mol. The minimum atomic E-state index is -0.319. The number of amides is 1. The van der Waals surface area contributed by atoms with Gasteiger partial charge in [0.05, 0.1) is 12.7 Å². The Balaban J connectivity index is 1.82. The minimum absolute atomic E-state index is 0.217. The second-order valence-electron chi connectivity index (χ2n) is 6.90. The van der Waals surface area contributed by atoms with Crippen LogP contribution in [0.2, 0.25) is 0 Å². The van der Waals surface area contributed by atoms with Crippen molar-refractivity contribution in [2.75, 3.05) is 12.4 Å². The number of carbonyl (C=O) groups is 1. The van der Waals surface area contributed by atoms with Crippen LogP contribution in [0.3, 0.4) is 0 Å². The van der Waals surface area contributed by atoms with Crippen LogP contribution in [0, 0.1) is 12.7 Å². The van der Waals surface area contributed by atoms with E-state index < -0.39 is 0 Å². The Labute approximate surface area is 174 Å². The van der Waals surface area contributed by atoms with E-state index in [4.69, 9.17) is 4.74 Å². The molecule has 0 saturated carbocycles. The predicted octanol–water partition coefficient (Wildman–Crippen LogP) is 5.85. The van der Waals surface area contributed by atoms with Gasteiger partial charge >= 0.3 is 0 Å². The van der Waals surface area contributed by atoms with Crippen LogP contribution in [0.25, 0.3) is 16.8 Å². The summed E-state index contributed by atoms with van der Waals surface area (Å²) in [7, 11) is 1.62. The third kappa shape index (κ3) is 3.82. The Hall–Kier alpha value is -3.86. The molecule has 1 aromatic heterocycles. The molecule has 150 valence electrons. The SMILES string of the molecule is COc1ccc(-n2cc(-c3ccc(F)cc3)c(C(=O)Nc3ccccc3)c2C)cc1. The molecule has 0 spiro atoms. The van der Waals surface area contributed by atoms with E-state index in [1.807, 2.05) is 72.3 Å². The number of anilines is 1. The first-order chi connectivity index (χ1) is 14.6. The lowest BCUT2D eigenvalue weighted by atomic mass is 10.0. The van der Waals surface area contributed by atoms with Crippen molar-refractivity contribution in [3.8, 4) is 22.6 Å². The number of ether oxygens (including phenoxy) is 1. The van der Waals surface area contributed by atoms with Crippen LogP contribution in [0.4, 0.5) is 10.1 Å². The summed E-state index contributed by atoms with van der Waals surface area (Å²) in [5, 5.41) is 2.96. The maximum absolute atomic E-state index is 13.5. The largest absolute Gasteiger partial charge is 0.497 e. The highest BCUT2D eigenvalue weighted by atomic mass is 19.1. The molecule has 3 aromatic carbocycles. The van der Waals surface area contributed by atoms with Crippen molar-refractivity contribution in [1.82, 2.24) is 4.57 Å². The van der Waals surface area contributed by atoms with Gasteiger partial charge in [0.25, 0.3) is 5.91 Å². The Morgan fingerprint density at radius 2 is 1.60 bits per heavy atom. The van der Waals surface area contributed by atoms with E-state index in [1.54, 1.807) is 19.2 Å². The highest BCUT2D eigenvalue weighted by Crippen LogP contribution is 2.31. The normalized spacial score (nSPS) is 10.6. The Kier molecular flexibility index (Phi) is 5.35. The Morgan fingerprint density at radius 3 is 2.23 bits per heavy atom. The fourth-order valence-electron chi connectivity index (χ4n) is 3.47. The lowest BCUT2D eigenvalue weighted by Gasteiger charge is -2.09. The number of nitrogens with one attached hydrogen (secondary N) is 1. The van der Waals surface area contributed by atoms with Crippen LogP contribution in [-0.2, 0) is 0 Å². The van der Waals surface area contributed by atoms with Crippen molar-refractivity contribution >= 4 is 11.6 Å². The van der Waals surface area contributed by atoms with Crippen molar-refractivity contribution in [3.05, 3.63) is 102 Å². The van der Waals surface area contributed by atoms with Gasteiger partial charge in [-0.05, 0) is 61.0 Å². The molecule has 0 aliphatic heterocycles. The molecule has 0 atom stereocenters. The number of aromatic nitrogens is 1. The molecule has 1 amide bonds. The number of halogens is 1. The van der Waals surface area contributed by atoms with E-state index >= 15 is 0 Å². The molecule has 1 heterocycles. The molecule has 30 heavy (non-hydrogen) atoms. The first-order valence-corrected chi connectivity index (χ1v) is 9.55. The number of hydrogen-bond donors (Lipinski definition) is 1. The van der Waals surface area contributed by atoms with Crippen LogP contribution >= 0.6 is 0 Å². The molecule has 0 unspecified atom stereocenters. The van der Waals surface area contributed by atoms with Gasteiger partial charge in [-0.3, -0.25) is 4.79 Å². The van der Waals surface area contributed by atoms with Crippen molar-refractivity contribution in [1.29, 1.82) is 0 Å². The second kappa shape index (κ2) is 8.25. The maximum Gasteiger partial charge on any atom is 0.258 e. The molecule has 0 aliphatic carbocycles. The van der Waals surface area contributed by atoms with Gasteiger partial charge in [-0.1, -0.05) is 30.3 Å². The van der Waals surface area contributed by atoms with Gasteiger partial charge in [0.2, 0.25) is 0 Å². The van der Waals surface area contributed by atoms with Gasteiger partial charge in [0.15, 0.2) is 0 Å². The van der Waals surface area contributed by atoms with Crippen LogP contribution in [0.5, 0.6) is 5.75 Å². The maximum atomic E-state index is 13.5. The Morgan fingerprint density at radius 1 is 0.933 bits per heavy atom. The zero-order valence-corrected chi connectivity index (χ0v) is 16.7. The van der Waals surface area contributed by atoms with Crippen molar-refractivity contribution in [3.63, 3.8) is 0 Å². The third-order valence-electron chi connectivity index (χ3n) is 5.02. The minimum Gasteiger partial charge on any atom is -0.497 e. The molecule has 4 nitrogen and oxygen atoms in total. The zero-order valence-electron chi connectivity index (χ0n) is 16.7. The molecule has 0 fully saturated rings. The molecular formula is C25H21FN2O2. The average Bonchev–Trinajstić information content (AvgIpc) is 3.12. The quantitative estimate of drug-likeness (QED) is 0.456. The standard InChI is InChI=1S/C25H21FN2O2/c1-17-24(25(29)27-20-6-4-3-5-7-20)23(18-8-10-19(26)11-9-18)16-28(17)21-12-14-22(30-2)15-13-21/h3-16H,1-2H3,(H,27,29). The highest BCUT2D eigenvalue weighted by molar-refractivity contribution is 6.10. The lowest BCUT2D eigenvalue weighted by molar-refractivity contribution is 0.102. The number of methoxy groups -OCH3 is 1. The van der Waals surface area contributed by atoms with E-state index in [0.717, 1.165) is 28.3 Å². The topological polar surface area (TPSA) is 43.3 Å². The molecule has 5 heteroatoms. The zero-order chi connectivity index (χ0) is 21.1. The summed E-state index contributed by atoms with van der Waals surface area (Å²) in [6.45, 7) is 1.90. The summed E-state index contributed by atoms with van der Waals surface area (Å²) in [6.07, 6.45) is 1.91. The molecule has 4 rings (SSSR count). The molecule has 0 aliphatic rings. The van der Waals surface area contributed by atoms with E-state index in [0.29, 0.717) is 11.3 Å². The predicted molar refractivity (Wildman–Crippen MR) is 117 cm³/mol.